The summed E-state index contributed by atoms with van der Waals surface area (Å²) >= 11 is 1.86. The number of nitrogens with one attached hydrogen (secondary N) is 1. The average molecular weight is 383 g/mol. The number of hydrogen-bond acceptors (Lipinski definition) is 5. The molecule has 3 aromatic rings. The largest absolute Gasteiger partial charge is 0.382 e. The number of aromatic nitrogens is 2. The molecule has 5 rings (SSSR count). The highest BCUT2D eigenvalue weighted by molar-refractivity contribution is 7.19. The predicted molar refractivity (Wildman–Crippen MR) is 109 cm³/mol. The van der Waals surface area contributed by atoms with Crippen LogP contribution in [-0.2, 0) is 12.8 Å². The molecular formula is C21H23FN4S. The Kier molecular flexibility index (Phi) is 4.44. The molecule has 1 saturated heterocycles. The molecule has 6 heteroatoms. The lowest BCUT2D eigenvalue weighted by Crippen LogP contribution is -2.39. The molecule has 0 bridgehead atoms. The van der Waals surface area contributed by atoms with E-state index in [4.69, 9.17) is 0 Å². The van der Waals surface area contributed by atoms with Crippen molar-refractivity contribution in [2.75, 3.05) is 23.3 Å². The second-order valence-electron chi connectivity index (χ2n) is 7.50. The molecule has 1 fully saturated rings. The molecule has 0 saturated carbocycles. The summed E-state index contributed by atoms with van der Waals surface area (Å²) in [7, 11) is 0. The molecule has 1 aliphatic carbocycles. The van der Waals surface area contributed by atoms with Crippen molar-refractivity contribution in [1.29, 1.82) is 0 Å². The van der Waals surface area contributed by atoms with Crippen LogP contribution in [0, 0.1) is 5.82 Å². The molecule has 3 heterocycles. The van der Waals surface area contributed by atoms with E-state index >= 15 is 0 Å². The molecule has 27 heavy (non-hydrogen) atoms. The van der Waals surface area contributed by atoms with Crippen LogP contribution in [0.4, 0.5) is 15.9 Å². The van der Waals surface area contributed by atoms with Gasteiger partial charge in [-0.15, -0.1) is 11.3 Å². The highest BCUT2D eigenvalue weighted by Crippen LogP contribution is 2.39. The zero-order valence-corrected chi connectivity index (χ0v) is 16.1. The fourth-order valence-electron chi connectivity index (χ4n) is 4.33. The Balaban J connectivity index is 1.33. The number of rotatable bonds is 3. The first kappa shape index (κ1) is 16.9. The van der Waals surface area contributed by atoms with E-state index < -0.39 is 0 Å². The molecule has 0 spiro atoms. The lowest BCUT2D eigenvalue weighted by Gasteiger charge is -2.34. The Morgan fingerprint density at radius 2 is 1.81 bits per heavy atom. The summed E-state index contributed by atoms with van der Waals surface area (Å²) in [5.74, 6) is 0.932. The Labute approximate surface area is 162 Å². The maximum absolute atomic E-state index is 13.1. The molecule has 2 aromatic heterocycles. The number of nitrogens with zero attached hydrogens (tertiary/aromatic N) is 3. The van der Waals surface area contributed by atoms with E-state index in [1.807, 2.05) is 23.5 Å². The summed E-state index contributed by atoms with van der Waals surface area (Å²) in [6.45, 7) is 1.96. The molecular weight excluding hydrogens is 359 g/mol. The highest BCUT2D eigenvalue weighted by atomic mass is 32.1. The van der Waals surface area contributed by atoms with Gasteiger partial charge in [-0.2, -0.15) is 0 Å². The van der Waals surface area contributed by atoms with E-state index in [0.717, 1.165) is 48.7 Å². The van der Waals surface area contributed by atoms with Gasteiger partial charge in [-0.1, -0.05) is 0 Å². The van der Waals surface area contributed by atoms with Crippen molar-refractivity contribution < 1.29 is 4.39 Å². The van der Waals surface area contributed by atoms with Crippen LogP contribution < -0.4 is 10.2 Å². The quantitative estimate of drug-likeness (QED) is 0.707. The molecule has 1 aromatic carbocycles. The Morgan fingerprint density at radius 1 is 1.04 bits per heavy atom. The van der Waals surface area contributed by atoms with E-state index in [1.54, 1.807) is 6.33 Å². The fraction of sp³-hybridized carbons (Fsp3) is 0.429. The smallest absolute Gasteiger partial charge is 0.141 e. The van der Waals surface area contributed by atoms with Crippen molar-refractivity contribution in [3.05, 3.63) is 46.9 Å². The summed E-state index contributed by atoms with van der Waals surface area (Å²) in [5, 5.41) is 4.85. The van der Waals surface area contributed by atoms with E-state index in [9.17, 15) is 4.39 Å². The monoisotopic (exact) mass is 382 g/mol. The Morgan fingerprint density at radius 3 is 2.63 bits per heavy atom. The van der Waals surface area contributed by atoms with Crippen LogP contribution in [0.5, 0.6) is 0 Å². The number of hydrogen-bond donors (Lipinski definition) is 1. The summed E-state index contributed by atoms with van der Waals surface area (Å²) < 4.78 is 13.1. The van der Waals surface area contributed by atoms with Gasteiger partial charge in [0.15, 0.2) is 0 Å². The fourth-order valence-corrected chi connectivity index (χ4v) is 5.55. The van der Waals surface area contributed by atoms with E-state index in [2.05, 4.69) is 20.2 Å². The first-order chi connectivity index (χ1) is 13.3. The zero-order chi connectivity index (χ0) is 18.2. The number of aryl methyl sites for hydroxylation is 2. The molecule has 2 aliphatic rings. The minimum atomic E-state index is -0.192. The molecule has 0 unspecified atom stereocenters. The third-order valence-corrected chi connectivity index (χ3v) is 6.94. The van der Waals surface area contributed by atoms with Gasteiger partial charge in [0.2, 0.25) is 0 Å². The SMILES string of the molecule is Fc1ccc(NC2CCN(c3ncnc4sc5c(c34)CCCC5)CC2)cc1. The topological polar surface area (TPSA) is 41.0 Å². The van der Waals surface area contributed by atoms with Crippen molar-refractivity contribution in [2.45, 2.75) is 44.6 Å². The third-order valence-electron chi connectivity index (χ3n) is 5.74. The Bertz CT molecular complexity index is 945. The van der Waals surface area contributed by atoms with Crippen molar-refractivity contribution in [3.8, 4) is 0 Å². The molecule has 1 aliphatic heterocycles. The van der Waals surface area contributed by atoms with Crippen LogP contribution >= 0.6 is 11.3 Å². The van der Waals surface area contributed by atoms with Gasteiger partial charge in [0.05, 0.1) is 5.39 Å². The molecule has 4 nitrogen and oxygen atoms in total. The first-order valence-electron chi connectivity index (χ1n) is 9.80. The number of halogens is 1. The number of anilines is 2. The molecule has 1 N–H and O–H groups in total. The van der Waals surface area contributed by atoms with Gasteiger partial charge in [-0.05, 0) is 68.4 Å². The van der Waals surface area contributed by atoms with Gasteiger partial charge in [-0.25, -0.2) is 14.4 Å². The van der Waals surface area contributed by atoms with E-state index in [0.29, 0.717) is 6.04 Å². The van der Waals surface area contributed by atoms with Crippen LogP contribution in [0.15, 0.2) is 30.6 Å². The molecule has 140 valence electrons. The van der Waals surface area contributed by atoms with E-state index in [1.165, 1.54) is 47.2 Å². The molecule has 0 atom stereocenters. The lowest BCUT2D eigenvalue weighted by molar-refractivity contribution is 0.524. The van der Waals surface area contributed by atoms with Crippen LogP contribution in [0.2, 0.25) is 0 Å². The first-order valence-corrected chi connectivity index (χ1v) is 10.6. The van der Waals surface area contributed by atoms with E-state index in [-0.39, 0.29) is 5.82 Å². The van der Waals surface area contributed by atoms with Crippen LogP contribution in [0.1, 0.15) is 36.1 Å². The van der Waals surface area contributed by atoms with Gasteiger partial charge in [-0.3, -0.25) is 0 Å². The number of piperidine rings is 1. The third kappa shape index (κ3) is 3.27. The molecule has 0 amide bonds. The van der Waals surface area contributed by atoms with Crippen molar-refractivity contribution >= 4 is 33.1 Å². The summed E-state index contributed by atoms with van der Waals surface area (Å²) in [6, 6.07) is 7.06. The molecule has 0 radical (unpaired) electrons. The second kappa shape index (κ2) is 7.08. The maximum atomic E-state index is 13.1. The van der Waals surface area contributed by atoms with Crippen molar-refractivity contribution in [3.63, 3.8) is 0 Å². The van der Waals surface area contributed by atoms with Gasteiger partial charge in [0.1, 0.15) is 22.8 Å². The zero-order valence-electron chi connectivity index (χ0n) is 15.2. The number of fused-ring (bicyclic) bond motifs is 3. The number of benzene rings is 1. The lowest BCUT2D eigenvalue weighted by atomic mass is 9.96. The average Bonchev–Trinajstić information content (AvgIpc) is 3.09. The van der Waals surface area contributed by atoms with Crippen molar-refractivity contribution in [2.24, 2.45) is 0 Å². The van der Waals surface area contributed by atoms with Gasteiger partial charge >= 0.3 is 0 Å². The highest BCUT2D eigenvalue weighted by Gasteiger charge is 2.25. The maximum Gasteiger partial charge on any atom is 0.141 e. The summed E-state index contributed by atoms with van der Waals surface area (Å²) in [4.78, 5) is 14.3. The normalized spacial score (nSPS) is 17.9. The van der Waals surface area contributed by atoms with Crippen molar-refractivity contribution in [1.82, 2.24) is 9.97 Å². The second-order valence-corrected chi connectivity index (χ2v) is 8.58. The minimum Gasteiger partial charge on any atom is -0.382 e. The van der Waals surface area contributed by atoms with Gasteiger partial charge < -0.3 is 10.2 Å². The summed E-state index contributed by atoms with van der Waals surface area (Å²) in [6.07, 6.45) is 8.75. The minimum absolute atomic E-state index is 0.192. The number of thiophene rings is 1. The standard InChI is InChI=1S/C21H23FN4S/c22-14-5-7-15(8-6-14)25-16-9-11-26(12-10-16)20-19-17-3-1-2-4-18(17)27-21(19)24-13-23-20/h5-8,13,16,25H,1-4,9-12H2. The van der Waals surface area contributed by atoms with Crippen LogP contribution in [0.3, 0.4) is 0 Å². The van der Waals surface area contributed by atoms with Gasteiger partial charge in [0, 0.05) is 29.7 Å². The van der Waals surface area contributed by atoms with Gasteiger partial charge in [0.25, 0.3) is 0 Å². The van der Waals surface area contributed by atoms with Crippen LogP contribution in [0.25, 0.3) is 10.2 Å². The Hall–Kier alpha value is -2.21. The van der Waals surface area contributed by atoms with Crippen LogP contribution in [-0.4, -0.2) is 29.1 Å². The summed E-state index contributed by atoms with van der Waals surface area (Å²) in [5.41, 5.74) is 2.49. The predicted octanol–water partition coefficient (Wildman–Crippen LogP) is 4.79.